The minimum atomic E-state index is 0. The fraction of sp³-hybridized carbons (Fsp3) is 0.516. The molecule has 412 valence electrons. The molecule has 10 rings (SSSR count). The quantitative estimate of drug-likeness (QED) is 0.173. The van der Waals surface area contributed by atoms with Gasteiger partial charge in [0.25, 0.3) is 0 Å². The van der Waals surface area contributed by atoms with Crippen LogP contribution < -0.4 is 9.80 Å². The van der Waals surface area contributed by atoms with Gasteiger partial charge in [0.2, 0.25) is 35.4 Å². The highest BCUT2D eigenvalue weighted by Crippen LogP contribution is 2.28. The minimum absolute atomic E-state index is 0. The van der Waals surface area contributed by atoms with Crippen LogP contribution in [0, 0.1) is 0 Å². The highest BCUT2D eigenvalue weighted by atomic mass is 16.2. The molecule has 0 aliphatic carbocycles. The molecule has 0 aromatic heterocycles. The molecule has 0 unspecified atom stereocenters. The maximum absolute atomic E-state index is 11.3. The van der Waals surface area contributed by atoms with E-state index in [-0.39, 0.29) is 80.0 Å². The maximum Gasteiger partial charge on any atom is 0.223 e. The van der Waals surface area contributed by atoms with Gasteiger partial charge in [0.15, 0.2) is 0 Å². The maximum atomic E-state index is 11.3. The van der Waals surface area contributed by atoms with Crippen LogP contribution in [0.3, 0.4) is 0 Å². The fourth-order valence-corrected chi connectivity index (χ4v) is 9.26. The Labute approximate surface area is 449 Å². The lowest BCUT2D eigenvalue weighted by Crippen LogP contribution is -2.34. The fourth-order valence-electron chi connectivity index (χ4n) is 9.26. The van der Waals surface area contributed by atoms with Crippen molar-refractivity contribution in [2.75, 3.05) is 55.6 Å². The largest absolute Gasteiger partial charge is 0.343 e. The predicted molar refractivity (Wildman–Crippen MR) is 311 cm³/mol. The van der Waals surface area contributed by atoms with Crippen LogP contribution in [0.4, 0.5) is 11.4 Å². The smallest absolute Gasteiger partial charge is 0.223 e. The average Bonchev–Trinajstić information content (AvgIpc) is 4.01. The van der Waals surface area contributed by atoms with E-state index in [1.165, 1.54) is 71.9 Å². The third kappa shape index (κ3) is 21.3. The van der Waals surface area contributed by atoms with Crippen LogP contribution in [0.5, 0.6) is 0 Å². The van der Waals surface area contributed by atoms with E-state index >= 15 is 0 Å². The van der Waals surface area contributed by atoms with E-state index in [0.717, 1.165) is 103 Å². The van der Waals surface area contributed by atoms with Gasteiger partial charge in [-0.15, -0.1) is 0 Å². The molecule has 12 nitrogen and oxygen atoms in total. The molecule has 0 bridgehead atoms. The molecule has 74 heavy (non-hydrogen) atoms. The molecule has 2 fully saturated rings. The second-order valence-corrected chi connectivity index (χ2v) is 18.2. The number of piperidine rings is 2. The van der Waals surface area contributed by atoms with E-state index in [4.69, 9.17) is 0 Å². The van der Waals surface area contributed by atoms with Gasteiger partial charge >= 0.3 is 0 Å². The summed E-state index contributed by atoms with van der Waals surface area (Å²) in [7, 11) is 0. The van der Waals surface area contributed by atoms with Crippen LogP contribution in [0.25, 0.3) is 0 Å². The predicted octanol–water partition coefficient (Wildman–Crippen LogP) is 12.6. The molecule has 0 saturated carbocycles. The summed E-state index contributed by atoms with van der Waals surface area (Å²) in [6.07, 6.45) is 11.5. The van der Waals surface area contributed by atoms with Crippen LogP contribution in [-0.2, 0) is 67.7 Å². The topological polar surface area (TPSA) is 122 Å². The molecular formula is C62H98N6O6. The monoisotopic (exact) mass is 1020 g/mol. The number of carbonyl (C=O) groups is 6. The number of benzene rings is 4. The Hall–Kier alpha value is -6.30. The molecule has 6 amide bonds. The summed E-state index contributed by atoms with van der Waals surface area (Å²) >= 11 is 0. The van der Waals surface area contributed by atoms with Crippen molar-refractivity contribution >= 4 is 46.8 Å². The number of likely N-dealkylation sites (tertiary alicyclic amines) is 2. The number of nitrogens with zero attached hydrogens (tertiary/aromatic N) is 6. The molecule has 2 saturated heterocycles. The summed E-state index contributed by atoms with van der Waals surface area (Å²) in [5.74, 6) is 1.08. The van der Waals surface area contributed by atoms with Gasteiger partial charge in [-0.3, -0.25) is 28.8 Å². The lowest BCUT2D eigenvalue weighted by Gasteiger charge is -2.28. The molecule has 0 atom stereocenters. The number of hydrogen-bond acceptors (Lipinski definition) is 6. The van der Waals surface area contributed by atoms with Gasteiger partial charge in [-0.05, 0) is 110 Å². The third-order valence-corrected chi connectivity index (χ3v) is 13.2. The van der Waals surface area contributed by atoms with E-state index < -0.39 is 0 Å². The molecule has 6 aliphatic rings. The van der Waals surface area contributed by atoms with Crippen LogP contribution in [0.15, 0.2) is 97.1 Å². The first-order valence-corrected chi connectivity index (χ1v) is 24.6. The van der Waals surface area contributed by atoms with Gasteiger partial charge in [-0.1, -0.05) is 129 Å². The SMILES string of the molecule is C.C.C.C.C.C.CC(=O)N1CCCCC1.CC(=O)N1CCCCC1.CC(=O)N1CCCc2ccccc21.CC(=O)N1CCc2ccccc21.CC(=O)N1CCc2ccccc2C1.CC(=O)N1Cc2ccccc2C1. The molecule has 4 aromatic carbocycles. The zero-order valence-electron chi connectivity index (χ0n) is 41.5. The summed E-state index contributed by atoms with van der Waals surface area (Å²) < 4.78 is 0. The summed E-state index contributed by atoms with van der Waals surface area (Å²) in [5.41, 5.74) is 10.0. The van der Waals surface area contributed by atoms with Crippen molar-refractivity contribution in [2.24, 2.45) is 0 Å². The van der Waals surface area contributed by atoms with Crippen molar-refractivity contribution in [3.63, 3.8) is 0 Å². The van der Waals surface area contributed by atoms with Gasteiger partial charge < -0.3 is 29.4 Å². The zero-order valence-corrected chi connectivity index (χ0v) is 41.5. The van der Waals surface area contributed by atoms with E-state index in [1.807, 2.05) is 84.0 Å². The lowest BCUT2D eigenvalue weighted by molar-refractivity contribution is -0.130. The van der Waals surface area contributed by atoms with E-state index in [1.54, 1.807) is 41.5 Å². The first kappa shape index (κ1) is 69.8. The number of amides is 6. The number of hydrogen-bond donors (Lipinski definition) is 0. The van der Waals surface area contributed by atoms with Gasteiger partial charge in [-0.25, -0.2) is 0 Å². The van der Waals surface area contributed by atoms with Gasteiger partial charge in [-0.2, -0.15) is 0 Å². The van der Waals surface area contributed by atoms with Gasteiger partial charge in [0.1, 0.15) is 0 Å². The second-order valence-electron chi connectivity index (χ2n) is 18.2. The van der Waals surface area contributed by atoms with Crippen molar-refractivity contribution in [2.45, 2.75) is 170 Å². The minimum Gasteiger partial charge on any atom is -0.343 e. The van der Waals surface area contributed by atoms with Crippen molar-refractivity contribution < 1.29 is 28.8 Å². The van der Waals surface area contributed by atoms with Crippen LogP contribution >= 0.6 is 0 Å². The molecule has 4 aromatic rings. The Kier molecular flexibility index (Phi) is 33.7. The summed E-state index contributed by atoms with van der Waals surface area (Å²) in [5, 5.41) is 0. The molecular weight excluding hydrogens is 925 g/mol. The Bertz CT molecular complexity index is 2270. The van der Waals surface area contributed by atoms with Crippen LogP contribution in [-0.4, -0.2) is 101 Å². The average molecular weight is 1020 g/mol. The molecule has 0 radical (unpaired) electrons. The van der Waals surface area contributed by atoms with E-state index in [0.29, 0.717) is 0 Å². The van der Waals surface area contributed by atoms with Crippen molar-refractivity contribution in [3.05, 3.63) is 130 Å². The first-order valence-electron chi connectivity index (χ1n) is 24.6. The van der Waals surface area contributed by atoms with Crippen molar-refractivity contribution in [3.8, 4) is 0 Å². The van der Waals surface area contributed by atoms with Crippen LogP contribution in [0.2, 0.25) is 0 Å². The number of rotatable bonds is 0. The van der Waals surface area contributed by atoms with E-state index in [9.17, 15) is 28.8 Å². The summed E-state index contributed by atoms with van der Waals surface area (Å²) in [4.78, 5) is 77.3. The molecule has 6 aliphatic heterocycles. The second kappa shape index (κ2) is 35.8. The zero-order chi connectivity index (χ0) is 49.0. The Morgan fingerprint density at radius 1 is 0.284 bits per heavy atom. The molecule has 0 spiro atoms. The number of para-hydroxylation sites is 2. The molecule has 0 N–H and O–H groups in total. The third-order valence-electron chi connectivity index (χ3n) is 13.2. The first-order chi connectivity index (χ1) is 32.7. The number of anilines is 2. The molecule has 6 heterocycles. The Balaban J connectivity index is 0. The lowest BCUT2D eigenvalue weighted by atomic mass is 10.00. The standard InChI is InChI=1S/2C11H13NO.2C10H11NO.2C7H13NO.6CH4/c1-9(13)12-8-4-6-10-5-2-3-7-11(10)12;1-9(13)12-7-6-10-4-2-3-5-11(10)8-12;1-8(12)11-6-9-4-2-3-5-10(9)7-11;1-8(12)11-7-6-9-4-2-3-5-10(9)11;2*1-7(9)8-5-3-2-4-6-8;;;;;;/h2-3,5,7H,4,6,8H2,1H3;2-5H,6-8H2,1H3;2*2-5H,6-7H2,1H3;2*2-6H2,1H3;6*1H4. The number of fused-ring (bicyclic) bond motifs is 4. The van der Waals surface area contributed by atoms with E-state index in [2.05, 4.69) is 42.5 Å². The number of carbonyl (C=O) groups excluding carboxylic acids is 6. The highest BCUT2D eigenvalue weighted by Gasteiger charge is 2.22. The van der Waals surface area contributed by atoms with Crippen molar-refractivity contribution in [1.82, 2.24) is 19.6 Å². The van der Waals surface area contributed by atoms with Gasteiger partial charge in [0.05, 0.1) is 0 Å². The summed E-state index contributed by atoms with van der Waals surface area (Å²) in [6, 6.07) is 32.7. The van der Waals surface area contributed by atoms with Crippen molar-refractivity contribution in [1.29, 1.82) is 0 Å². The van der Waals surface area contributed by atoms with Gasteiger partial charge in [0, 0.05) is 118 Å². The van der Waals surface area contributed by atoms with Crippen LogP contribution in [0.1, 0.15) is 164 Å². The molecule has 12 heteroatoms. The normalized spacial score (nSPS) is 14.9. The number of aryl methyl sites for hydroxylation is 1. The summed E-state index contributed by atoms with van der Waals surface area (Å²) in [6.45, 7) is 18.6. The Morgan fingerprint density at radius 2 is 0.595 bits per heavy atom. The highest BCUT2D eigenvalue weighted by molar-refractivity contribution is 5.94. The Morgan fingerprint density at radius 3 is 0.973 bits per heavy atom.